The summed E-state index contributed by atoms with van der Waals surface area (Å²) in [5.74, 6) is 0.967. The number of aryl methyl sites for hydroxylation is 1. The SMILES string of the molecule is COc1cccc(-n2nnn(C)c2=O)c1COc1ccc(O)cc1Cl. The standard InChI is InChI=1S/C16H15ClN4O4/c1-20-16(23)21(19-18-20)13-4-3-5-14(24-2)11(13)9-25-15-7-6-10(22)8-12(15)17/h3-8,22H,9H2,1-2H3. The molecule has 1 heterocycles. The van der Waals surface area contributed by atoms with Crippen LogP contribution in [0, 0.1) is 0 Å². The van der Waals surface area contributed by atoms with Crippen molar-refractivity contribution in [3.63, 3.8) is 0 Å². The van der Waals surface area contributed by atoms with E-state index in [1.54, 1.807) is 24.3 Å². The lowest BCUT2D eigenvalue weighted by molar-refractivity contribution is 0.295. The van der Waals surface area contributed by atoms with Crippen LogP contribution in [-0.2, 0) is 13.7 Å². The fraction of sp³-hybridized carbons (Fsp3) is 0.188. The first-order valence-electron chi connectivity index (χ1n) is 7.28. The van der Waals surface area contributed by atoms with Gasteiger partial charge < -0.3 is 14.6 Å². The van der Waals surface area contributed by atoms with Crippen molar-refractivity contribution in [3.8, 4) is 22.9 Å². The molecule has 0 radical (unpaired) electrons. The van der Waals surface area contributed by atoms with Gasteiger partial charge in [-0.15, -0.1) is 0 Å². The van der Waals surface area contributed by atoms with Gasteiger partial charge in [-0.3, -0.25) is 0 Å². The zero-order chi connectivity index (χ0) is 18.0. The van der Waals surface area contributed by atoms with E-state index in [4.69, 9.17) is 21.1 Å². The number of benzene rings is 2. The highest BCUT2D eigenvalue weighted by Crippen LogP contribution is 2.31. The Labute approximate surface area is 147 Å². The number of nitrogens with zero attached hydrogens (tertiary/aromatic N) is 4. The van der Waals surface area contributed by atoms with Gasteiger partial charge in [-0.1, -0.05) is 17.7 Å². The van der Waals surface area contributed by atoms with E-state index < -0.39 is 5.69 Å². The largest absolute Gasteiger partial charge is 0.508 e. The predicted octanol–water partition coefficient (Wildman–Crippen LogP) is 1.91. The van der Waals surface area contributed by atoms with Gasteiger partial charge in [0.25, 0.3) is 0 Å². The molecule has 0 fully saturated rings. The summed E-state index contributed by atoms with van der Waals surface area (Å²) in [5, 5.41) is 17.3. The molecule has 9 heteroatoms. The Balaban J connectivity index is 1.99. The van der Waals surface area contributed by atoms with Gasteiger partial charge in [0.15, 0.2) is 0 Å². The van der Waals surface area contributed by atoms with Crippen LogP contribution in [0.15, 0.2) is 41.2 Å². The van der Waals surface area contributed by atoms with Crippen LogP contribution in [-0.4, -0.2) is 32.0 Å². The van der Waals surface area contributed by atoms with Crippen LogP contribution < -0.4 is 15.2 Å². The molecule has 0 unspecified atom stereocenters. The van der Waals surface area contributed by atoms with Crippen LogP contribution in [0.2, 0.25) is 5.02 Å². The minimum atomic E-state index is -0.392. The maximum Gasteiger partial charge on any atom is 0.368 e. The third kappa shape index (κ3) is 3.29. The van der Waals surface area contributed by atoms with Crippen molar-refractivity contribution in [3.05, 3.63) is 57.5 Å². The minimum Gasteiger partial charge on any atom is -0.508 e. The quantitative estimate of drug-likeness (QED) is 0.745. The fourth-order valence-corrected chi connectivity index (χ4v) is 2.54. The zero-order valence-corrected chi connectivity index (χ0v) is 14.3. The van der Waals surface area contributed by atoms with E-state index in [2.05, 4.69) is 10.4 Å². The molecular formula is C16H15ClN4O4. The molecule has 0 aliphatic carbocycles. The topological polar surface area (TPSA) is 91.4 Å². The summed E-state index contributed by atoms with van der Waals surface area (Å²) in [6, 6.07) is 9.62. The number of ether oxygens (including phenoxy) is 2. The molecule has 0 saturated carbocycles. The molecule has 0 atom stereocenters. The smallest absolute Gasteiger partial charge is 0.368 e. The molecule has 2 aromatic carbocycles. The second-order valence-electron chi connectivity index (χ2n) is 5.16. The van der Waals surface area contributed by atoms with Crippen molar-refractivity contribution < 1.29 is 14.6 Å². The lowest BCUT2D eigenvalue weighted by atomic mass is 10.1. The molecule has 25 heavy (non-hydrogen) atoms. The first kappa shape index (κ1) is 16.8. The number of hydrogen-bond acceptors (Lipinski definition) is 6. The van der Waals surface area contributed by atoms with E-state index in [0.29, 0.717) is 22.7 Å². The number of tetrazole rings is 1. The van der Waals surface area contributed by atoms with E-state index >= 15 is 0 Å². The number of aromatic hydroxyl groups is 1. The number of methoxy groups -OCH3 is 1. The average molecular weight is 363 g/mol. The van der Waals surface area contributed by atoms with E-state index in [1.165, 1.54) is 31.0 Å². The van der Waals surface area contributed by atoms with Crippen LogP contribution in [0.4, 0.5) is 0 Å². The molecule has 0 aliphatic rings. The molecule has 1 aromatic heterocycles. The number of hydrogen-bond donors (Lipinski definition) is 1. The van der Waals surface area contributed by atoms with E-state index in [0.717, 1.165) is 4.68 Å². The summed E-state index contributed by atoms with van der Waals surface area (Å²) in [6.45, 7) is 0.0762. The maximum atomic E-state index is 12.2. The Morgan fingerprint density at radius 1 is 1.20 bits per heavy atom. The monoisotopic (exact) mass is 362 g/mol. The Morgan fingerprint density at radius 2 is 2.00 bits per heavy atom. The first-order valence-corrected chi connectivity index (χ1v) is 7.65. The van der Waals surface area contributed by atoms with Gasteiger partial charge in [0, 0.05) is 13.1 Å². The molecule has 0 spiro atoms. The van der Waals surface area contributed by atoms with Gasteiger partial charge in [0.1, 0.15) is 23.9 Å². The minimum absolute atomic E-state index is 0.0430. The van der Waals surface area contributed by atoms with Crippen LogP contribution >= 0.6 is 11.6 Å². The summed E-state index contributed by atoms with van der Waals surface area (Å²) in [4.78, 5) is 12.2. The summed E-state index contributed by atoms with van der Waals surface area (Å²) in [7, 11) is 3.04. The Morgan fingerprint density at radius 3 is 2.64 bits per heavy atom. The van der Waals surface area contributed by atoms with Crippen molar-refractivity contribution in [2.45, 2.75) is 6.61 Å². The summed E-state index contributed by atoms with van der Waals surface area (Å²) in [6.07, 6.45) is 0. The molecule has 3 aromatic rings. The van der Waals surface area contributed by atoms with Crippen molar-refractivity contribution in [1.82, 2.24) is 19.8 Å². The second kappa shape index (κ2) is 6.86. The van der Waals surface area contributed by atoms with Crippen molar-refractivity contribution in [2.75, 3.05) is 7.11 Å². The molecule has 0 saturated heterocycles. The third-order valence-corrected chi connectivity index (χ3v) is 3.86. The van der Waals surface area contributed by atoms with Crippen LogP contribution in [0.1, 0.15) is 5.56 Å². The second-order valence-corrected chi connectivity index (χ2v) is 5.57. The summed E-state index contributed by atoms with van der Waals surface area (Å²) < 4.78 is 13.4. The number of phenolic OH excluding ortho intramolecular Hbond substituents is 1. The first-order chi connectivity index (χ1) is 12.0. The predicted molar refractivity (Wildman–Crippen MR) is 90.6 cm³/mol. The van der Waals surface area contributed by atoms with Crippen molar-refractivity contribution in [2.24, 2.45) is 7.05 Å². The Kier molecular flexibility index (Phi) is 4.62. The van der Waals surface area contributed by atoms with Crippen LogP contribution in [0.25, 0.3) is 5.69 Å². The number of phenols is 1. The van der Waals surface area contributed by atoms with Crippen molar-refractivity contribution >= 4 is 11.6 Å². The third-order valence-electron chi connectivity index (χ3n) is 3.57. The normalized spacial score (nSPS) is 10.7. The lowest BCUT2D eigenvalue weighted by Crippen LogP contribution is -2.23. The van der Waals surface area contributed by atoms with Gasteiger partial charge >= 0.3 is 5.69 Å². The highest BCUT2D eigenvalue weighted by molar-refractivity contribution is 6.32. The average Bonchev–Trinajstić information content (AvgIpc) is 2.93. The van der Waals surface area contributed by atoms with Gasteiger partial charge in [-0.2, -0.15) is 9.36 Å². The number of rotatable bonds is 5. The molecule has 130 valence electrons. The Bertz CT molecular complexity index is 967. The molecule has 0 bridgehead atoms. The highest BCUT2D eigenvalue weighted by Gasteiger charge is 2.16. The van der Waals surface area contributed by atoms with Gasteiger partial charge in [0.2, 0.25) is 0 Å². The van der Waals surface area contributed by atoms with Gasteiger partial charge in [0.05, 0.1) is 23.4 Å². The van der Waals surface area contributed by atoms with Gasteiger partial charge in [-0.05, 0) is 34.7 Å². The van der Waals surface area contributed by atoms with E-state index in [1.807, 2.05) is 0 Å². The summed E-state index contributed by atoms with van der Waals surface area (Å²) >= 11 is 6.06. The maximum absolute atomic E-state index is 12.2. The van der Waals surface area contributed by atoms with Gasteiger partial charge in [-0.25, -0.2) is 4.79 Å². The van der Waals surface area contributed by atoms with Crippen molar-refractivity contribution in [1.29, 1.82) is 0 Å². The molecule has 3 rings (SSSR count). The van der Waals surface area contributed by atoms with E-state index in [-0.39, 0.29) is 17.4 Å². The van der Waals surface area contributed by atoms with Crippen LogP contribution in [0.5, 0.6) is 17.2 Å². The molecule has 1 N–H and O–H groups in total. The number of halogens is 1. The van der Waals surface area contributed by atoms with Crippen LogP contribution in [0.3, 0.4) is 0 Å². The molecule has 0 amide bonds. The molecule has 8 nitrogen and oxygen atoms in total. The highest BCUT2D eigenvalue weighted by atomic mass is 35.5. The summed E-state index contributed by atoms with van der Waals surface area (Å²) in [5.41, 5.74) is 0.710. The number of aromatic nitrogens is 4. The lowest BCUT2D eigenvalue weighted by Gasteiger charge is -2.14. The zero-order valence-electron chi connectivity index (χ0n) is 13.5. The van der Waals surface area contributed by atoms with E-state index in [9.17, 15) is 9.90 Å². The fourth-order valence-electron chi connectivity index (χ4n) is 2.31. The molecule has 0 aliphatic heterocycles. The Hall–Kier alpha value is -3.00. The molecular weight excluding hydrogens is 348 g/mol.